The number of rotatable bonds is 6. The summed E-state index contributed by atoms with van der Waals surface area (Å²) in [6.45, 7) is 7.23. The Labute approximate surface area is 204 Å². The zero-order chi connectivity index (χ0) is 25.2. The van der Waals surface area contributed by atoms with Crippen molar-refractivity contribution in [3.8, 4) is 5.75 Å². The first-order chi connectivity index (χ1) is 16.5. The zero-order valence-electron chi connectivity index (χ0n) is 19.6. The molecule has 1 aliphatic heterocycles. The molecule has 0 unspecified atom stereocenters. The Morgan fingerprint density at radius 2 is 2.11 bits per heavy atom. The van der Waals surface area contributed by atoms with Gasteiger partial charge in [-0.25, -0.2) is 4.98 Å². The van der Waals surface area contributed by atoms with Crippen molar-refractivity contribution >= 4 is 17.2 Å². The van der Waals surface area contributed by atoms with E-state index < -0.39 is 17.6 Å². The Morgan fingerprint density at radius 3 is 2.74 bits per heavy atom. The van der Waals surface area contributed by atoms with Gasteiger partial charge < -0.3 is 18.5 Å². The molecule has 0 N–H and O–H groups in total. The lowest BCUT2D eigenvalue weighted by Gasteiger charge is -2.15. The van der Waals surface area contributed by atoms with E-state index in [0.717, 1.165) is 35.9 Å². The van der Waals surface area contributed by atoms with E-state index in [1.807, 2.05) is 31.5 Å². The average Bonchev–Trinajstić information content (AvgIpc) is 3.54. The first-order valence-corrected chi connectivity index (χ1v) is 11.9. The van der Waals surface area contributed by atoms with Crippen LogP contribution in [0.3, 0.4) is 0 Å². The lowest BCUT2D eigenvalue weighted by Crippen LogP contribution is -2.23. The van der Waals surface area contributed by atoms with Crippen molar-refractivity contribution < 1.29 is 31.9 Å². The molecule has 2 aromatic heterocycles. The van der Waals surface area contributed by atoms with Crippen LogP contribution in [0.1, 0.15) is 60.2 Å². The van der Waals surface area contributed by atoms with Gasteiger partial charge in [0, 0.05) is 17.7 Å². The van der Waals surface area contributed by atoms with E-state index in [2.05, 4.69) is 9.98 Å². The molecule has 1 fully saturated rings. The minimum Gasteiger partial charge on any atom is -0.485 e. The Balaban J connectivity index is 1.72. The normalized spacial score (nSPS) is 17.2. The first kappa shape index (κ1) is 25.2. The quantitative estimate of drug-likeness (QED) is 0.448. The molecule has 7 nitrogen and oxygen atoms in total. The number of oxazole rings is 1. The number of benzene rings is 1. The van der Waals surface area contributed by atoms with Crippen LogP contribution in [0.15, 0.2) is 46.4 Å². The third-order valence-corrected chi connectivity index (χ3v) is 6.92. The van der Waals surface area contributed by atoms with E-state index in [0.29, 0.717) is 23.7 Å². The van der Waals surface area contributed by atoms with Gasteiger partial charge in [0.15, 0.2) is 17.0 Å². The molecular weight excluding hydrogens is 483 g/mol. The summed E-state index contributed by atoms with van der Waals surface area (Å²) in [6.07, 6.45) is 1.80. The van der Waals surface area contributed by atoms with Crippen LogP contribution < -0.4 is 9.54 Å². The molecule has 35 heavy (non-hydrogen) atoms. The highest BCUT2D eigenvalue weighted by Crippen LogP contribution is 2.33. The fourth-order valence-corrected chi connectivity index (χ4v) is 4.62. The van der Waals surface area contributed by atoms with Crippen molar-refractivity contribution in [1.29, 1.82) is 0 Å². The Kier molecular flexibility index (Phi) is 7.18. The number of hydrogen-bond donors (Lipinski definition) is 0. The molecule has 3 aromatic rings. The number of thiazole rings is 1. The van der Waals surface area contributed by atoms with Gasteiger partial charge >= 0.3 is 6.18 Å². The van der Waals surface area contributed by atoms with Crippen molar-refractivity contribution in [1.82, 2.24) is 9.55 Å². The predicted octanol–water partition coefficient (Wildman–Crippen LogP) is 5.35. The van der Waals surface area contributed by atoms with Crippen LogP contribution in [-0.4, -0.2) is 28.2 Å². The number of halogens is 3. The SMILES string of the molecule is CC(C)(C)c1cn(C[C@H]2CCCO2)c(=NC(=O)c2cc(C(F)(F)F)ccc2OCc2cnco2)s1. The van der Waals surface area contributed by atoms with E-state index in [4.69, 9.17) is 13.9 Å². The van der Waals surface area contributed by atoms with E-state index in [1.165, 1.54) is 23.9 Å². The number of aromatic nitrogens is 2. The summed E-state index contributed by atoms with van der Waals surface area (Å²) >= 11 is 1.33. The Bertz CT molecular complexity index is 1230. The summed E-state index contributed by atoms with van der Waals surface area (Å²) in [7, 11) is 0. The van der Waals surface area contributed by atoms with Gasteiger partial charge in [0.2, 0.25) is 0 Å². The number of carbonyl (C=O) groups is 1. The van der Waals surface area contributed by atoms with Gasteiger partial charge in [-0.3, -0.25) is 4.79 Å². The zero-order valence-corrected chi connectivity index (χ0v) is 20.4. The summed E-state index contributed by atoms with van der Waals surface area (Å²) < 4.78 is 58.5. The van der Waals surface area contributed by atoms with Crippen molar-refractivity contribution in [2.24, 2.45) is 4.99 Å². The summed E-state index contributed by atoms with van der Waals surface area (Å²) in [5.41, 5.74) is -1.44. The highest BCUT2D eigenvalue weighted by Gasteiger charge is 2.32. The van der Waals surface area contributed by atoms with Gasteiger partial charge in [0.1, 0.15) is 12.4 Å². The molecule has 0 saturated carbocycles. The van der Waals surface area contributed by atoms with Gasteiger partial charge in [-0.05, 0) is 36.5 Å². The highest BCUT2D eigenvalue weighted by atomic mass is 32.1. The molecular formula is C24H26F3N3O4S. The summed E-state index contributed by atoms with van der Waals surface area (Å²) in [5.74, 6) is -0.490. The van der Waals surface area contributed by atoms with Gasteiger partial charge in [-0.1, -0.05) is 20.8 Å². The highest BCUT2D eigenvalue weighted by molar-refractivity contribution is 7.09. The second-order valence-electron chi connectivity index (χ2n) is 9.30. The Hall–Kier alpha value is -2.92. The molecule has 188 valence electrons. The van der Waals surface area contributed by atoms with Gasteiger partial charge in [-0.15, -0.1) is 11.3 Å². The molecule has 3 heterocycles. The number of hydrogen-bond acceptors (Lipinski definition) is 6. The molecule has 1 saturated heterocycles. The minimum absolute atomic E-state index is 0.000766. The molecule has 1 atom stereocenters. The van der Waals surface area contributed by atoms with E-state index >= 15 is 0 Å². The van der Waals surface area contributed by atoms with E-state index in [1.54, 1.807) is 0 Å². The maximum absolute atomic E-state index is 13.4. The van der Waals surface area contributed by atoms with Crippen LogP contribution in [0.25, 0.3) is 0 Å². The molecule has 0 spiro atoms. The fraction of sp³-hybridized carbons (Fsp3) is 0.458. The third kappa shape index (κ3) is 6.21. The van der Waals surface area contributed by atoms with Crippen LogP contribution in [0.5, 0.6) is 5.75 Å². The van der Waals surface area contributed by atoms with Crippen molar-refractivity contribution in [3.63, 3.8) is 0 Å². The largest absolute Gasteiger partial charge is 0.485 e. The van der Waals surface area contributed by atoms with Gasteiger partial charge in [-0.2, -0.15) is 18.2 Å². The summed E-state index contributed by atoms with van der Waals surface area (Å²) in [4.78, 5) is 22.6. The predicted molar refractivity (Wildman–Crippen MR) is 122 cm³/mol. The maximum Gasteiger partial charge on any atom is 0.416 e. The maximum atomic E-state index is 13.4. The van der Waals surface area contributed by atoms with Crippen LogP contribution in [0.4, 0.5) is 13.2 Å². The van der Waals surface area contributed by atoms with E-state index in [9.17, 15) is 18.0 Å². The van der Waals surface area contributed by atoms with Crippen molar-refractivity contribution in [2.45, 2.75) is 64.5 Å². The summed E-state index contributed by atoms with van der Waals surface area (Å²) in [5, 5.41) is 0. The molecule has 11 heteroatoms. The molecule has 0 bridgehead atoms. The lowest BCUT2D eigenvalue weighted by atomic mass is 9.95. The van der Waals surface area contributed by atoms with Gasteiger partial charge in [0.05, 0.1) is 30.0 Å². The third-order valence-electron chi connectivity index (χ3n) is 5.47. The number of alkyl halides is 3. The monoisotopic (exact) mass is 509 g/mol. The van der Waals surface area contributed by atoms with Crippen LogP contribution in [0, 0.1) is 0 Å². The second-order valence-corrected chi connectivity index (χ2v) is 10.3. The van der Waals surface area contributed by atoms with Crippen LogP contribution >= 0.6 is 11.3 Å². The molecule has 1 aromatic carbocycles. The number of carbonyl (C=O) groups excluding carboxylic acids is 1. The van der Waals surface area contributed by atoms with Crippen LogP contribution in [-0.2, 0) is 29.5 Å². The van der Waals surface area contributed by atoms with Crippen molar-refractivity contribution in [2.75, 3.05) is 6.61 Å². The minimum atomic E-state index is -4.62. The Morgan fingerprint density at radius 1 is 1.31 bits per heavy atom. The standard InChI is InChI=1S/C24H26F3N3O4S/c1-23(2,3)20-12-30(11-16-5-4-8-32-16)22(35-20)29-21(31)18-9-15(24(25,26)27)6-7-19(18)33-13-17-10-28-14-34-17/h6-7,9-10,12,14,16H,4-5,8,11,13H2,1-3H3/t16-/m1/s1. The molecule has 1 amide bonds. The van der Waals surface area contributed by atoms with Crippen molar-refractivity contribution in [3.05, 3.63) is 63.6 Å². The smallest absolute Gasteiger partial charge is 0.416 e. The number of amides is 1. The number of nitrogens with zero attached hydrogens (tertiary/aromatic N) is 3. The second kappa shape index (κ2) is 9.98. The molecule has 0 aliphatic carbocycles. The van der Waals surface area contributed by atoms with E-state index in [-0.39, 0.29) is 29.4 Å². The lowest BCUT2D eigenvalue weighted by molar-refractivity contribution is -0.137. The van der Waals surface area contributed by atoms with Crippen LogP contribution in [0.2, 0.25) is 0 Å². The first-order valence-electron chi connectivity index (χ1n) is 11.1. The average molecular weight is 510 g/mol. The fourth-order valence-electron chi connectivity index (χ4n) is 3.56. The molecule has 4 rings (SSSR count). The topological polar surface area (TPSA) is 78.9 Å². The number of ether oxygens (including phenoxy) is 2. The summed E-state index contributed by atoms with van der Waals surface area (Å²) in [6, 6.07) is 2.76. The van der Waals surface area contributed by atoms with Gasteiger partial charge in [0.25, 0.3) is 5.91 Å². The molecule has 1 aliphatic rings. The molecule has 0 radical (unpaired) electrons.